The van der Waals surface area contributed by atoms with Crippen LogP contribution in [0.25, 0.3) is 0 Å². The van der Waals surface area contributed by atoms with Gasteiger partial charge in [-0.25, -0.2) is 0 Å². The highest BCUT2D eigenvalue weighted by Gasteiger charge is 2.23. The fourth-order valence-electron chi connectivity index (χ4n) is 2.22. The number of carbonyl (C=O) groups excluding carboxylic acids is 2. The summed E-state index contributed by atoms with van der Waals surface area (Å²) >= 11 is 0. The highest BCUT2D eigenvalue weighted by Crippen LogP contribution is 2.12. The van der Waals surface area contributed by atoms with Gasteiger partial charge in [0.2, 0.25) is 11.8 Å². The van der Waals surface area contributed by atoms with Crippen LogP contribution in [0, 0.1) is 0 Å². The van der Waals surface area contributed by atoms with E-state index in [0.717, 1.165) is 12.8 Å². The molecular weight excluding hydrogens is 264 g/mol. The molecule has 1 fully saturated rings. The molecule has 1 rings (SSSR count). The van der Waals surface area contributed by atoms with E-state index in [9.17, 15) is 14.4 Å². The van der Waals surface area contributed by atoms with E-state index in [1.54, 1.807) is 4.90 Å². The quantitative estimate of drug-likeness (QED) is 0.686. The molecule has 0 aromatic rings. The van der Waals surface area contributed by atoms with Crippen LogP contribution in [0.2, 0.25) is 0 Å². The first-order chi connectivity index (χ1) is 9.52. The third-order valence-corrected chi connectivity index (χ3v) is 3.27. The Balaban J connectivity index is 2.22. The van der Waals surface area contributed by atoms with Crippen molar-refractivity contribution in [2.24, 2.45) is 0 Å². The predicted molar refractivity (Wildman–Crippen MR) is 71.1 cm³/mol. The summed E-state index contributed by atoms with van der Waals surface area (Å²) in [6.07, 6.45) is 2.11. The van der Waals surface area contributed by atoms with E-state index in [0.29, 0.717) is 19.5 Å². The highest BCUT2D eigenvalue weighted by atomic mass is 16.5. The van der Waals surface area contributed by atoms with Gasteiger partial charge >= 0.3 is 5.97 Å². The summed E-state index contributed by atoms with van der Waals surface area (Å²) in [4.78, 5) is 35.3. The number of methoxy groups -OCH3 is 1. The number of hydrogen-bond donors (Lipinski definition) is 2. The molecule has 0 unspecified atom stereocenters. The zero-order chi connectivity index (χ0) is 15.0. The number of ether oxygens (including phenoxy) is 1. The minimum atomic E-state index is -0.877. The molecule has 2 amide bonds. The average molecular weight is 286 g/mol. The maximum absolute atomic E-state index is 11.8. The number of hydrogen-bond acceptors (Lipinski definition) is 4. The van der Waals surface area contributed by atoms with Gasteiger partial charge in [-0.05, 0) is 19.3 Å². The minimum Gasteiger partial charge on any atom is -0.481 e. The van der Waals surface area contributed by atoms with Gasteiger partial charge in [0.15, 0.2) is 0 Å². The number of piperidine rings is 1. The van der Waals surface area contributed by atoms with Crippen molar-refractivity contribution >= 4 is 17.8 Å². The average Bonchev–Trinajstić information content (AvgIpc) is 2.39. The Labute approximate surface area is 118 Å². The number of nitrogens with one attached hydrogen (secondary N) is 1. The molecule has 1 saturated heterocycles. The molecule has 2 N–H and O–H groups in total. The maximum Gasteiger partial charge on any atom is 0.303 e. The smallest absolute Gasteiger partial charge is 0.303 e. The molecule has 0 aromatic carbocycles. The van der Waals surface area contributed by atoms with Gasteiger partial charge in [0, 0.05) is 39.1 Å². The molecule has 1 aliphatic rings. The first-order valence-corrected chi connectivity index (χ1v) is 6.80. The fourth-order valence-corrected chi connectivity index (χ4v) is 2.22. The van der Waals surface area contributed by atoms with Crippen molar-refractivity contribution in [1.82, 2.24) is 10.2 Å². The van der Waals surface area contributed by atoms with E-state index in [1.165, 1.54) is 7.11 Å². The molecule has 20 heavy (non-hydrogen) atoms. The van der Waals surface area contributed by atoms with Crippen LogP contribution >= 0.6 is 0 Å². The number of carbonyl (C=O) groups is 3. The summed E-state index contributed by atoms with van der Waals surface area (Å²) in [7, 11) is 1.47. The lowest BCUT2D eigenvalue weighted by Gasteiger charge is -2.32. The predicted octanol–water partition coefficient (Wildman–Crippen LogP) is -0.00510. The van der Waals surface area contributed by atoms with E-state index in [4.69, 9.17) is 9.84 Å². The van der Waals surface area contributed by atoms with Gasteiger partial charge in [0.05, 0.1) is 0 Å². The molecule has 7 nitrogen and oxygen atoms in total. The van der Waals surface area contributed by atoms with E-state index in [-0.39, 0.29) is 37.3 Å². The van der Waals surface area contributed by atoms with Crippen molar-refractivity contribution in [1.29, 1.82) is 0 Å². The van der Waals surface area contributed by atoms with Crippen molar-refractivity contribution in [2.75, 3.05) is 26.8 Å². The first-order valence-electron chi connectivity index (χ1n) is 6.80. The van der Waals surface area contributed by atoms with E-state index < -0.39 is 5.97 Å². The maximum atomic E-state index is 11.8. The second-order valence-electron chi connectivity index (χ2n) is 4.90. The molecule has 0 saturated carbocycles. The Morgan fingerprint density at radius 2 is 1.90 bits per heavy atom. The summed E-state index contributed by atoms with van der Waals surface area (Å²) in [5, 5.41) is 11.4. The topological polar surface area (TPSA) is 95.9 Å². The van der Waals surface area contributed by atoms with E-state index in [1.807, 2.05) is 0 Å². The third kappa shape index (κ3) is 6.01. The Kier molecular flexibility index (Phi) is 7.00. The number of rotatable bonds is 7. The molecule has 0 spiro atoms. The lowest BCUT2D eigenvalue weighted by atomic mass is 10.0. The molecule has 1 heterocycles. The third-order valence-electron chi connectivity index (χ3n) is 3.27. The van der Waals surface area contributed by atoms with Crippen molar-refractivity contribution in [3.63, 3.8) is 0 Å². The van der Waals surface area contributed by atoms with Crippen LogP contribution in [-0.2, 0) is 19.1 Å². The summed E-state index contributed by atoms with van der Waals surface area (Å²) in [6, 6.07) is 0.0840. The van der Waals surface area contributed by atoms with Gasteiger partial charge in [-0.1, -0.05) is 0 Å². The number of carboxylic acids is 1. The van der Waals surface area contributed by atoms with Gasteiger partial charge in [-0.2, -0.15) is 0 Å². The van der Waals surface area contributed by atoms with Crippen molar-refractivity contribution in [3.05, 3.63) is 0 Å². The van der Waals surface area contributed by atoms with Crippen LogP contribution in [0.5, 0.6) is 0 Å². The second-order valence-corrected chi connectivity index (χ2v) is 4.90. The van der Waals surface area contributed by atoms with Crippen molar-refractivity contribution < 1.29 is 24.2 Å². The Bertz CT molecular complexity index is 351. The van der Waals surface area contributed by atoms with Gasteiger partial charge in [0.1, 0.15) is 6.61 Å². The van der Waals surface area contributed by atoms with Crippen molar-refractivity contribution in [3.8, 4) is 0 Å². The molecule has 0 aliphatic carbocycles. The Morgan fingerprint density at radius 3 is 2.45 bits per heavy atom. The lowest BCUT2D eigenvalue weighted by molar-refractivity contribution is -0.137. The normalized spacial score (nSPS) is 15.9. The summed E-state index contributed by atoms with van der Waals surface area (Å²) < 4.78 is 4.74. The summed E-state index contributed by atoms with van der Waals surface area (Å²) in [5.74, 6) is -1.02. The molecule has 0 radical (unpaired) electrons. The van der Waals surface area contributed by atoms with Gasteiger partial charge in [0.25, 0.3) is 0 Å². The molecule has 1 aliphatic heterocycles. The largest absolute Gasteiger partial charge is 0.481 e. The van der Waals surface area contributed by atoms with Crippen LogP contribution in [-0.4, -0.2) is 60.6 Å². The SMILES string of the molecule is COCC(=O)NC1CCN(C(=O)CCCC(=O)O)CC1. The number of likely N-dealkylation sites (tertiary alicyclic amines) is 1. The number of nitrogens with zero attached hydrogens (tertiary/aromatic N) is 1. The molecule has 0 bridgehead atoms. The standard InChI is InChI=1S/C13H22N2O5/c1-20-9-11(16)14-10-5-7-15(8-6-10)12(17)3-2-4-13(18)19/h10H,2-9H2,1H3,(H,14,16)(H,18,19). The van der Waals surface area contributed by atoms with Crippen LogP contribution in [0.1, 0.15) is 32.1 Å². The highest BCUT2D eigenvalue weighted by molar-refractivity contribution is 5.78. The Hall–Kier alpha value is -1.63. The summed E-state index contributed by atoms with van der Waals surface area (Å²) in [5.41, 5.74) is 0. The van der Waals surface area contributed by atoms with Crippen LogP contribution in [0.3, 0.4) is 0 Å². The monoisotopic (exact) mass is 286 g/mol. The zero-order valence-corrected chi connectivity index (χ0v) is 11.8. The second kappa shape index (κ2) is 8.52. The summed E-state index contributed by atoms with van der Waals surface area (Å²) in [6.45, 7) is 1.25. The fraction of sp³-hybridized carbons (Fsp3) is 0.769. The number of carboxylic acid groups (broad SMARTS) is 1. The van der Waals surface area contributed by atoms with Crippen LogP contribution in [0.15, 0.2) is 0 Å². The zero-order valence-electron chi connectivity index (χ0n) is 11.8. The van der Waals surface area contributed by atoms with Gasteiger partial charge < -0.3 is 20.1 Å². The van der Waals surface area contributed by atoms with E-state index in [2.05, 4.69) is 5.32 Å². The molecular formula is C13H22N2O5. The number of amides is 2. The lowest BCUT2D eigenvalue weighted by Crippen LogP contribution is -2.47. The first kappa shape index (κ1) is 16.4. The minimum absolute atomic E-state index is 0.00656. The molecule has 114 valence electrons. The molecule has 0 aromatic heterocycles. The molecule has 7 heteroatoms. The molecule has 0 atom stereocenters. The van der Waals surface area contributed by atoms with E-state index >= 15 is 0 Å². The van der Waals surface area contributed by atoms with Crippen molar-refractivity contribution in [2.45, 2.75) is 38.1 Å². The van der Waals surface area contributed by atoms with Gasteiger partial charge in [-0.3, -0.25) is 14.4 Å². The Morgan fingerprint density at radius 1 is 1.25 bits per heavy atom. The van der Waals surface area contributed by atoms with Crippen LogP contribution in [0.4, 0.5) is 0 Å². The van der Waals surface area contributed by atoms with Gasteiger partial charge in [-0.15, -0.1) is 0 Å². The van der Waals surface area contributed by atoms with Crippen LogP contribution < -0.4 is 5.32 Å². The number of aliphatic carboxylic acids is 1.